The van der Waals surface area contributed by atoms with Gasteiger partial charge < -0.3 is 10.2 Å². The number of benzene rings is 2. The first-order chi connectivity index (χ1) is 15.3. The summed E-state index contributed by atoms with van der Waals surface area (Å²) in [6.45, 7) is 2.99. The summed E-state index contributed by atoms with van der Waals surface area (Å²) in [5.74, 6) is -1.13. The highest BCUT2D eigenvalue weighted by molar-refractivity contribution is 7.89. The van der Waals surface area contributed by atoms with Crippen molar-refractivity contribution in [3.05, 3.63) is 53.8 Å². The topological polar surface area (TPSA) is 86.8 Å². The van der Waals surface area contributed by atoms with Crippen molar-refractivity contribution in [3.63, 3.8) is 0 Å². The average Bonchev–Trinajstić information content (AvgIpc) is 3.20. The zero-order valence-electron chi connectivity index (χ0n) is 17.9. The van der Waals surface area contributed by atoms with Crippen LogP contribution in [0.15, 0.2) is 47.4 Å². The highest BCUT2D eigenvalue weighted by atomic mass is 32.2. The number of carbonyl (C=O) groups excluding carboxylic acids is 2. The number of rotatable bonds is 5. The van der Waals surface area contributed by atoms with Gasteiger partial charge in [-0.2, -0.15) is 4.31 Å². The molecule has 2 fully saturated rings. The summed E-state index contributed by atoms with van der Waals surface area (Å²) in [5, 5.41) is 2.89. The van der Waals surface area contributed by atoms with Crippen molar-refractivity contribution in [2.24, 2.45) is 5.92 Å². The van der Waals surface area contributed by atoms with E-state index in [1.165, 1.54) is 16.4 Å². The van der Waals surface area contributed by atoms with Crippen molar-refractivity contribution >= 4 is 33.2 Å². The Morgan fingerprint density at radius 3 is 2.50 bits per heavy atom. The Balaban J connectivity index is 1.44. The number of nitrogens with one attached hydrogen (secondary N) is 1. The van der Waals surface area contributed by atoms with E-state index in [4.69, 9.17) is 0 Å². The van der Waals surface area contributed by atoms with Crippen molar-refractivity contribution in [2.45, 2.75) is 37.5 Å². The Labute approximate surface area is 187 Å². The second-order valence-electron chi connectivity index (χ2n) is 8.30. The van der Waals surface area contributed by atoms with Crippen molar-refractivity contribution in [1.82, 2.24) is 4.31 Å². The molecule has 32 heavy (non-hydrogen) atoms. The lowest BCUT2D eigenvalue weighted by molar-refractivity contribution is -0.121. The van der Waals surface area contributed by atoms with E-state index in [1.54, 1.807) is 11.0 Å². The fourth-order valence-corrected chi connectivity index (χ4v) is 5.84. The highest BCUT2D eigenvalue weighted by Gasteiger charge is 2.33. The standard InChI is InChI=1S/C23H26FN3O4S/c1-16-14-19(8-11-21(16)27-13-3-5-22(27)28)25-23(29)17-4-2-12-26(15-17)32(30,31)20-9-6-18(24)7-10-20/h6-11,14,17H,2-5,12-13,15H2,1H3,(H,25,29)/t17-/m1/s1. The van der Waals surface area contributed by atoms with E-state index in [9.17, 15) is 22.4 Å². The number of hydrogen-bond acceptors (Lipinski definition) is 4. The molecule has 2 saturated heterocycles. The summed E-state index contributed by atoms with van der Waals surface area (Å²) in [4.78, 5) is 26.7. The van der Waals surface area contributed by atoms with Crippen LogP contribution in [0.2, 0.25) is 0 Å². The lowest BCUT2D eigenvalue weighted by Crippen LogP contribution is -2.43. The summed E-state index contributed by atoms with van der Waals surface area (Å²) < 4.78 is 40.3. The number of anilines is 2. The van der Waals surface area contributed by atoms with Gasteiger partial charge in [-0.1, -0.05) is 0 Å². The predicted molar refractivity (Wildman–Crippen MR) is 119 cm³/mol. The minimum Gasteiger partial charge on any atom is -0.326 e. The molecule has 2 aromatic rings. The van der Waals surface area contributed by atoms with Crippen LogP contribution in [-0.4, -0.2) is 44.2 Å². The van der Waals surface area contributed by atoms with Gasteiger partial charge >= 0.3 is 0 Å². The van der Waals surface area contributed by atoms with Gasteiger partial charge in [-0.05, 0) is 74.2 Å². The third kappa shape index (κ3) is 4.54. The molecule has 0 aliphatic carbocycles. The lowest BCUT2D eigenvalue weighted by Gasteiger charge is -2.31. The van der Waals surface area contributed by atoms with Crippen LogP contribution in [0.5, 0.6) is 0 Å². The first-order valence-corrected chi connectivity index (χ1v) is 12.2. The number of carbonyl (C=O) groups is 2. The fraction of sp³-hybridized carbons (Fsp3) is 0.391. The number of halogens is 1. The summed E-state index contributed by atoms with van der Waals surface area (Å²) in [5.41, 5.74) is 2.35. The summed E-state index contributed by atoms with van der Waals surface area (Å²) in [6.07, 6.45) is 2.54. The van der Waals surface area contributed by atoms with E-state index in [0.717, 1.165) is 29.8 Å². The largest absolute Gasteiger partial charge is 0.326 e. The van der Waals surface area contributed by atoms with Gasteiger partial charge in [0.2, 0.25) is 21.8 Å². The van der Waals surface area contributed by atoms with Crippen LogP contribution >= 0.6 is 0 Å². The van der Waals surface area contributed by atoms with E-state index in [2.05, 4.69) is 5.32 Å². The highest BCUT2D eigenvalue weighted by Crippen LogP contribution is 2.29. The third-order valence-electron chi connectivity index (χ3n) is 6.03. The SMILES string of the molecule is Cc1cc(NC(=O)[C@@H]2CCCN(S(=O)(=O)c3ccc(F)cc3)C2)ccc1N1CCCC1=O. The molecule has 1 N–H and O–H groups in total. The molecule has 2 aromatic carbocycles. The van der Waals surface area contributed by atoms with Crippen molar-refractivity contribution in [2.75, 3.05) is 29.9 Å². The van der Waals surface area contributed by atoms with Crippen LogP contribution in [0.4, 0.5) is 15.8 Å². The molecular formula is C23H26FN3O4S. The molecule has 7 nitrogen and oxygen atoms in total. The molecule has 2 heterocycles. The fourth-order valence-electron chi connectivity index (χ4n) is 4.31. The maximum absolute atomic E-state index is 13.2. The van der Waals surface area contributed by atoms with Crippen LogP contribution in [0.3, 0.4) is 0 Å². The van der Waals surface area contributed by atoms with Gasteiger partial charge in [0.1, 0.15) is 5.82 Å². The van der Waals surface area contributed by atoms with E-state index in [1.807, 2.05) is 19.1 Å². The van der Waals surface area contributed by atoms with Gasteiger partial charge in [0.15, 0.2) is 0 Å². The molecule has 4 rings (SSSR count). The van der Waals surface area contributed by atoms with Gasteiger partial charge in [0, 0.05) is 37.4 Å². The van der Waals surface area contributed by atoms with E-state index >= 15 is 0 Å². The Morgan fingerprint density at radius 1 is 1.09 bits per heavy atom. The normalized spacial score (nSPS) is 19.9. The molecule has 2 aliphatic heterocycles. The lowest BCUT2D eigenvalue weighted by atomic mass is 9.98. The number of nitrogens with zero attached hydrogens (tertiary/aromatic N) is 2. The summed E-state index contributed by atoms with van der Waals surface area (Å²) in [6, 6.07) is 10.1. The van der Waals surface area contributed by atoms with E-state index in [-0.39, 0.29) is 23.3 Å². The van der Waals surface area contributed by atoms with Gasteiger partial charge in [-0.25, -0.2) is 12.8 Å². The Morgan fingerprint density at radius 2 is 1.84 bits per heavy atom. The first-order valence-electron chi connectivity index (χ1n) is 10.7. The van der Waals surface area contributed by atoms with Crippen molar-refractivity contribution in [3.8, 4) is 0 Å². The number of aryl methyl sites for hydroxylation is 1. The average molecular weight is 460 g/mol. The number of hydrogen-bond donors (Lipinski definition) is 1. The molecule has 2 amide bonds. The van der Waals surface area contributed by atoms with Crippen LogP contribution < -0.4 is 10.2 Å². The molecule has 170 valence electrons. The molecule has 0 aromatic heterocycles. The monoisotopic (exact) mass is 459 g/mol. The minimum absolute atomic E-state index is 0.0163. The molecule has 0 saturated carbocycles. The Hall–Kier alpha value is -2.78. The zero-order valence-corrected chi connectivity index (χ0v) is 18.7. The molecule has 1 atom stereocenters. The molecule has 0 spiro atoms. The first kappa shape index (κ1) is 22.4. The molecular weight excluding hydrogens is 433 g/mol. The van der Waals surface area contributed by atoms with E-state index < -0.39 is 21.8 Å². The second-order valence-corrected chi connectivity index (χ2v) is 10.2. The molecule has 0 bridgehead atoms. The van der Waals surface area contributed by atoms with Crippen molar-refractivity contribution < 1.29 is 22.4 Å². The van der Waals surface area contributed by atoms with Gasteiger partial charge in [-0.15, -0.1) is 0 Å². The molecule has 0 radical (unpaired) electrons. The van der Waals surface area contributed by atoms with Crippen LogP contribution in [0.25, 0.3) is 0 Å². The number of amides is 2. The van der Waals surface area contributed by atoms with E-state index in [0.29, 0.717) is 38.0 Å². The van der Waals surface area contributed by atoms with Crippen molar-refractivity contribution in [1.29, 1.82) is 0 Å². The quantitative estimate of drug-likeness (QED) is 0.743. The molecule has 9 heteroatoms. The summed E-state index contributed by atoms with van der Waals surface area (Å²) in [7, 11) is -3.80. The summed E-state index contributed by atoms with van der Waals surface area (Å²) >= 11 is 0. The number of piperidine rings is 1. The van der Waals surface area contributed by atoms with Crippen LogP contribution in [0.1, 0.15) is 31.2 Å². The minimum atomic E-state index is -3.80. The van der Waals surface area contributed by atoms with Gasteiger partial charge in [0.05, 0.1) is 10.8 Å². The Kier molecular flexibility index (Phi) is 6.30. The maximum atomic E-state index is 13.2. The maximum Gasteiger partial charge on any atom is 0.243 e. The molecule has 0 unspecified atom stereocenters. The Bertz CT molecular complexity index is 1130. The predicted octanol–water partition coefficient (Wildman–Crippen LogP) is 3.30. The zero-order chi connectivity index (χ0) is 22.9. The molecule has 2 aliphatic rings. The van der Waals surface area contributed by atoms with Crippen LogP contribution in [-0.2, 0) is 19.6 Å². The van der Waals surface area contributed by atoms with Gasteiger partial charge in [-0.3, -0.25) is 9.59 Å². The third-order valence-corrected chi connectivity index (χ3v) is 7.91. The smallest absolute Gasteiger partial charge is 0.243 e. The van der Waals surface area contributed by atoms with Gasteiger partial charge in [0.25, 0.3) is 0 Å². The van der Waals surface area contributed by atoms with Crippen LogP contribution in [0, 0.1) is 18.7 Å². The number of sulfonamides is 1. The second kappa shape index (κ2) is 8.99.